The van der Waals surface area contributed by atoms with Gasteiger partial charge in [-0.25, -0.2) is 4.39 Å². The Labute approximate surface area is 119 Å². The van der Waals surface area contributed by atoms with Crippen LogP contribution in [0.25, 0.3) is 0 Å². The highest BCUT2D eigenvalue weighted by molar-refractivity contribution is 5.47. The molecule has 0 saturated carbocycles. The molecule has 0 radical (unpaired) electrons. The summed E-state index contributed by atoms with van der Waals surface area (Å²) in [6, 6.07) is 8.60. The van der Waals surface area contributed by atoms with Gasteiger partial charge in [0.15, 0.2) is 0 Å². The molecule has 1 heterocycles. The van der Waals surface area contributed by atoms with Gasteiger partial charge in [-0.15, -0.1) is 0 Å². The van der Waals surface area contributed by atoms with Crippen LogP contribution in [0.4, 0.5) is 10.1 Å². The van der Waals surface area contributed by atoms with Gasteiger partial charge in [0.05, 0.1) is 12.8 Å². The minimum Gasteiger partial charge on any atom is -0.468 e. The second kappa shape index (κ2) is 7.10. The predicted octanol–water partition coefficient (Wildman–Crippen LogP) is 3.55. The summed E-state index contributed by atoms with van der Waals surface area (Å²) in [5, 5.41) is 3.27. The first kappa shape index (κ1) is 14.6. The molecule has 0 aliphatic carbocycles. The summed E-state index contributed by atoms with van der Waals surface area (Å²) >= 11 is 0. The van der Waals surface area contributed by atoms with E-state index in [4.69, 9.17) is 4.42 Å². The zero-order valence-corrected chi connectivity index (χ0v) is 12.0. The predicted molar refractivity (Wildman–Crippen MR) is 79.2 cm³/mol. The Morgan fingerprint density at radius 2 is 1.90 bits per heavy atom. The molecule has 0 aliphatic rings. The summed E-state index contributed by atoms with van der Waals surface area (Å²) in [4.78, 5) is 2.19. The normalized spacial score (nSPS) is 10.8. The maximum atomic E-state index is 13.0. The molecule has 1 aromatic carbocycles. The maximum Gasteiger partial charge on any atom is 0.123 e. The second-order valence-corrected chi connectivity index (χ2v) is 4.64. The molecule has 108 valence electrons. The van der Waals surface area contributed by atoms with Gasteiger partial charge in [0.1, 0.15) is 11.6 Å². The fraction of sp³-hybridized carbons (Fsp3) is 0.375. The van der Waals surface area contributed by atoms with Crippen molar-refractivity contribution in [1.82, 2.24) is 5.32 Å². The van der Waals surface area contributed by atoms with Gasteiger partial charge in [-0.1, -0.05) is 6.92 Å². The molecule has 0 saturated heterocycles. The number of hydrogen-bond donors (Lipinski definition) is 1. The van der Waals surface area contributed by atoms with Crippen LogP contribution in [0.3, 0.4) is 0 Å². The van der Waals surface area contributed by atoms with Crippen molar-refractivity contribution in [1.29, 1.82) is 0 Å². The van der Waals surface area contributed by atoms with Crippen molar-refractivity contribution in [2.24, 2.45) is 0 Å². The number of furan rings is 1. The van der Waals surface area contributed by atoms with E-state index in [1.54, 1.807) is 6.26 Å². The molecular formula is C16H21FN2O. The Hall–Kier alpha value is -1.81. The Morgan fingerprint density at radius 3 is 2.55 bits per heavy atom. The molecule has 2 rings (SSSR count). The summed E-state index contributed by atoms with van der Waals surface area (Å²) in [5.41, 5.74) is 2.18. The standard InChI is InChI=1S/C16H21FN2O/c1-3-18-11-16-13(9-10-20-16)12-19(4-2)15-7-5-14(17)6-8-15/h5-10,18H,3-4,11-12H2,1-2H3. The van der Waals surface area contributed by atoms with E-state index in [0.717, 1.165) is 43.2 Å². The number of nitrogens with one attached hydrogen (secondary N) is 1. The summed E-state index contributed by atoms with van der Waals surface area (Å²) in [5.74, 6) is 0.758. The van der Waals surface area contributed by atoms with Crippen LogP contribution in [0.1, 0.15) is 25.2 Å². The lowest BCUT2D eigenvalue weighted by Crippen LogP contribution is -2.23. The van der Waals surface area contributed by atoms with Gasteiger partial charge in [0.2, 0.25) is 0 Å². The highest BCUT2D eigenvalue weighted by Gasteiger charge is 2.11. The van der Waals surface area contributed by atoms with Gasteiger partial charge in [-0.2, -0.15) is 0 Å². The highest BCUT2D eigenvalue weighted by atomic mass is 19.1. The molecule has 3 nitrogen and oxygen atoms in total. The topological polar surface area (TPSA) is 28.4 Å². The van der Waals surface area contributed by atoms with Gasteiger partial charge in [0, 0.05) is 24.3 Å². The molecule has 0 fully saturated rings. The van der Waals surface area contributed by atoms with Gasteiger partial charge < -0.3 is 14.6 Å². The average Bonchev–Trinajstić information content (AvgIpc) is 2.91. The van der Waals surface area contributed by atoms with Crippen molar-refractivity contribution in [2.75, 3.05) is 18.0 Å². The second-order valence-electron chi connectivity index (χ2n) is 4.64. The van der Waals surface area contributed by atoms with E-state index in [1.165, 1.54) is 12.1 Å². The van der Waals surface area contributed by atoms with Crippen LogP contribution >= 0.6 is 0 Å². The molecule has 0 atom stereocenters. The molecule has 0 spiro atoms. The third-order valence-corrected chi connectivity index (χ3v) is 3.31. The number of anilines is 1. The number of benzene rings is 1. The summed E-state index contributed by atoms with van der Waals surface area (Å²) in [7, 11) is 0. The van der Waals surface area contributed by atoms with Crippen LogP contribution in [0.2, 0.25) is 0 Å². The Kier molecular flexibility index (Phi) is 5.18. The van der Waals surface area contributed by atoms with Gasteiger partial charge >= 0.3 is 0 Å². The molecule has 1 N–H and O–H groups in total. The molecular weight excluding hydrogens is 255 g/mol. The fourth-order valence-corrected chi connectivity index (χ4v) is 2.14. The van der Waals surface area contributed by atoms with Crippen LogP contribution in [0.15, 0.2) is 41.0 Å². The van der Waals surface area contributed by atoms with Crippen molar-refractivity contribution in [2.45, 2.75) is 26.9 Å². The fourth-order valence-electron chi connectivity index (χ4n) is 2.14. The van der Waals surface area contributed by atoms with Gasteiger partial charge in [0.25, 0.3) is 0 Å². The SMILES string of the molecule is CCNCc1occc1CN(CC)c1ccc(F)cc1. The zero-order chi connectivity index (χ0) is 14.4. The molecule has 0 bridgehead atoms. The van der Waals surface area contributed by atoms with Crippen molar-refractivity contribution in [3.8, 4) is 0 Å². The van der Waals surface area contributed by atoms with E-state index < -0.39 is 0 Å². The summed E-state index contributed by atoms with van der Waals surface area (Å²) in [6.07, 6.45) is 1.72. The Morgan fingerprint density at radius 1 is 1.15 bits per heavy atom. The molecule has 4 heteroatoms. The highest BCUT2D eigenvalue weighted by Crippen LogP contribution is 2.20. The maximum absolute atomic E-state index is 13.0. The van der Waals surface area contributed by atoms with Gasteiger partial charge in [-0.05, 0) is 43.8 Å². The molecule has 2 aromatic rings. The Bertz CT molecular complexity index is 522. The minimum absolute atomic E-state index is 0.207. The average molecular weight is 276 g/mol. The van der Waals surface area contributed by atoms with Crippen molar-refractivity contribution < 1.29 is 8.81 Å². The molecule has 0 aliphatic heterocycles. The summed E-state index contributed by atoms with van der Waals surface area (Å²) in [6.45, 7) is 7.43. The smallest absolute Gasteiger partial charge is 0.123 e. The van der Waals surface area contributed by atoms with Crippen LogP contribution in [0.5, 0.6) is 0 Å². The van der Waals surface area contributed by atoms with E-state index in [1.807, 2.05) is 18.2 Å². The van der Waals surface area contributed by atoms with Crippen LogP contribution in [-0.2, 0) is 13.1 Å². The van der Waals surface area contributed by atoms with E-state index in [9.17, 15) is 4.39 Å². The first-order chi connectivity index (χ1) is 9.74. The minimum atomic E-state index is -0.207. The zero-order valence-electron chi connectivity index (χ0n) is 12.0. The summed E-state index contributed by atoms with van der Waals surface area (Å²) < 4.78 is 18.5. The van der Waals surface area contributed by atoms with Crippen LogP contribution < -0.4 is 10.2 Å². The largest absolute Gasteiger partial charge is 0.468 e. The van der Waals surface area contributed by atoms with Crippen LogP contribution in [0, 0.1) is 5.82 Å². The molecule has 20 heavy (non-hydrogen) atoms. The quantitative estimate of drug-likeness (QED) is 0.838. The first-order valence-corrected chi connectivity index (χ1v) is 7.01. The number of halogens is 1. The van der Waals surface area contributed by atoms with E-state index >= 15 is 0 Å². The molecule has 0 unspecified atom stereocenters. The van der Waals surface area contributed by atoms with Gasteiger partial charge in [-0.3, -0.25) is 0 Å². The lowest BCUT2D eigenvalue weighted by Gasteiger charge is -2.23. The van der Waals surface area contributed by atoms with E-state index in [0.29, 0.717) is 0 Å². The van der Waals surface area contributed by atoms with E-state index in [-0.39, 0.29) is 5.82 Å². The molecule has 0 amide bonds. The van der Waals surface area contributed by atoms with E-state index in [2.05, 4.69) is 24.1 Å². The first-order valence-electron chi connectivity index (χ1n) is 7.01. The lowest BCUT2D eigenvalue weighted by atomic mass is 10.2. The Balaban J connectivity index is 2.10. The monoisotopic (exact) mass is 276 g/mol. The van der Waals surface area contributed by atoms with Crippen molar-refractivity contribution >= 4 is 5.69 Å². The third kappa shape index (κ3) is 3.61. The number of nitrogens with zero attached hydrogens (tertiary/aromatic N) is 1. The third-order valence-electron chi connectivity index (χ3n) is 3.31. The number of hydrogen-bond acceptors (Lipinski definition) is 3. The van der Waals surface area contributed by atoms with Crippen LogP contribution in [-0.4, -0.2) is 13.1 Å². The number of rotatable bonds is 7. The van der Waals surface area contributed by atoms with Crippen molar-refractivity contribution in [3.63, 3.8) is 0 Å². The molecule has 1 aromatic heterocycles. The van der Waals surface area contributed by atoms with Crippen molar-refractivity contribution in [3.05, 3.63) is 53.7 Å². The lowest BCUT2D eigenvalue weighted by molar-refractivity contribution is 0.482.